The van der Waals surface area contributed by atoms with Crippen LogP contribution in [0.25, 0.3) is 0 Å². The third-order valence-electron chi connectivity index (χ3n) is 5.44. The lowest BCUT2D eigenvalue weighted by Gasteiger charge is -2.39. The maximum Gasteiger partial charge on any atom is 0.193 e. The fourth-order valence-electron chi connectivity index (χ4n) is 3.49. The molecule has 3 rings (SSSR count). The van der Waals surface area contributed by atoms with Crippen LogP contribution in [0.3, 0.4) is 0 Å². The molecule has 2 aliphatic rings. The quantitative estimate of drug-likeness (QED) is 0.398. The molecular weight excluding hydrogens is 468 g/mol. The van der Waals surface area contributed by atoms with Gasteiger partial charge in [-0.05, 0) is 38.3 Å². The lowest BCUT2D eigenvalue weighted by Crippen LogP contribution is -2.57. The van der Waals surface area contributed by atoms with Gasteiger partial charge in [0.2, 0.25) is 0 Å². The molecule has 0 bridgehead atoms. The molecule has 26 heavy (non-hydrogen) atoms. The van der Waals surface area contributed by atoms with Crippen LogP contribution >= 0.6 is 24.0 Å². The number of rotatable bonds is 3. The highest BCUT2D eigenvalue weighted by Crippen LogP contribution is 2.48. The zero-order chi connectivity index (χ0) is 18.3. The topological polar surface area (TPSA) is 61.8 Å². The van der Waals surface area contributed by atoms with Crippen LogP contribution in [0.5, 0.6) is 0 Å². The summed E-state index contributed by atoms with van der Waals surface area (Å²) in [4.78, 5) is 6.30. The Morgan fingerprint density at radius 2 is 1.96 bits per heavy atom. The van der Waals surface area contributed by atoms with Gasteiger partial charge < -0.3 is 10.2 Å². The second-order valence-corrected chi connectivity index (χ2v) is 10.4. The number of sulfone groups is 1. The van der Waals surface area contributed by atoms with Crippen LogP contribution in [-0.2, 0) is 15.3 Å². The minimum atomic E-state index is -3.09. The maximum absolute atomic E-state index is 14.1. The van der Waals surface area contributed by atoms with Crippen LogP contribution in [0.1, 0.15) is 32.3 Å². The molecule has 0 unspecified atom stereocenters. The lowest BCUT2D eigenvalue weighted by atomic mass is 9.95. The Kier molecular flexibility index (Phi) is 6.27. The molecule has 5 nitrogen and oxygen atoms in total. The van der Waals surface area contributed by atoms with Gasteiger partial charge in [0.25, 0.3) is 0 Å². The van der Waals surface area contributed by atoms with E-state index in [1.54, 1.807) is 27.0 Å². The minimum Gasteiger partial charge on any atom is -0.355 e. The normalized spacial score (nSPS) is 23.1. The summed E-state index contributed by atoms with van der Waals surface area (Å²) in [6, 6.07) is 6.93. The molecule has 0 aromatic heterocycles. The smallest absolute Gasteiger partial charge is 0.193 e. The third kappa shape index (κ3) is 4.00. The summed E-state index contributed by atoms with van der Waals surface area (Å²) in [6.45, 7) is 4.94. The van der Waals surface area contributed by atoms with Crippen molar-refractivity contribution in [3.63, 3.8) is 0 Å². The van der Waals surface area contributed by atoms with Crippen molar-refractivity contribution in [3.05, 3.63) is 35.6 Å². The monoisotopic (exact) mass is 495 g/mol. The minimum absolute atomic E-state index is 0. The molecular formula is C18H27FIN3O2S. The van der Waals surface area contributed by atoms with Gasteiger partial charge in [-0.25, -0.2) is 12.8 Å². The second-order valence-electron chi connectivity index (χ2n) is 7.66. The Bertz CT molecular complexity index is 791. The average molecular weight is 495 g/mol. The predicted molar refractivity (Wildman–Crippen MR) is 114 cm³/mol. The van der Waals surface area contributed by atoms with E-state index in [1.165, 1.54) is 6.07 Å². The first-order valence-corrected chi connectivity index (χ1v) is 10.3. The SMILES string of the molecule is CN=C(NCC1(c2ccccc2F)CC1)N1CCS(=O)(=O)C(C)(C)C1.I. The van der Waals surface area contributed by atoms with Crippen LogP contribution in [-0.4, -0.2) is 56.5 Å². The number of benzene rings is 1. The molecule has 0 atom stereocenters. The Labute approximate surface area is 172 Å². The molecule has 0 spiro atoms. The first-order valence-electron chi connectivity index (χ1n) is 8.64. The van der Waals surface area contributed by atoms with Crippen molar-refractivity contribution in [2.24, 2.45) is 4.99 Å². The van der Waals surface area contributed by atoms with Gasteiger partial charge >= 0.3 is 0 Å². The highest BCUT2D eigenvalue weighted by molar-refractivity contribution is 14.0. The van der Waals surface area contributed by atoms with Crippen molar-refractivity contribution >= 4 is 39.8 Å². The summed E-state index contributed by atoms with van der Waals surface area (Å²) >= 11 is 0. The highest BCUT2D eigenvalue weighted by Gasteiger charge is 2.46. The molecule has 1 heterocycles. The molecule has 1 aliphatic heterocycles. The predicted octanol–water partition coefficient (Wildman–Crippen LogP) is 2.56. The number of hydrogen-bond acceptors (Lipinski definition) is 3. The fraction of sp³-hybridized carbons (Fsp3) is 0.611. The van der Waals surface area contributed by atoms with Gasteiger partial charge in [-0.1, -0.05) is 18.2 Å². The van der Waals surface area contributed by atoms with Gasteiger partial charge in [0, 0.05) is 32.1 Å². The standard InChI is InChI=1S/C18H26FN3O2S.HI/c1-17(2)13-22(10-11-25(17,23)24)16(20-3)21-12-18(8-9-18)14-6-4-5-7-15(14)19;/h4-7H,8-13H2,1-3H3,(H,20,21);1H. The average Bonchev–Trinajstić information content (AvgIpc) is 3.32. The van der Waals surface area contributed by atoms with E-state index in [4.69, 9.17) is 0 Å². The van der Waals surface area contributed by atoms with Crippen LogP contribution in [0, 0.1) is 5.82 Å². The number of nitrogens with zero attached hydrogens (tertiary/aromatic N) is 2. The van der Waals surface area contributed by atoms with Crippen molar-refractivity contribution < 1.29 is 12.8 Å². The molecule has 2 fully saturated rings. The van der Waals surface area contributed by atoms with E-state index in [0.29, 0.717) is 25.6 Å². The molecule has 1 saturated carbocycles. The lowest BCUT2D eigenvalue weighted by molar-refractivity contribution is 0.351. The van der Waals surface area contributed by atoms with Crippen molar-refractivity contribution in [2.75, 3.05) is 32.4 Å². The van der Waals surface area contributed by atoms with Crippen molar-refractivity contribution in [2.45, 2.75) is 36.9 Å². The summed E-state index contributed by atoms with van der Waals surface area (Å²) in [5, 5.41) is 3.35. The van der Waals surface area contributed by atoms with Gasteiger partial charge in [-0.2, -0.15) is 0 Å². The Balaban J connectivity index is 0.00000243. The van der Waals surface area contributed by atoms with Gasteiger partial charge in [-0.15, -0.1) is 24.0 Å². The Morgan fingerprint density at radius 1 is 1.31 bits per heavy atom. The number of aliphatic imine (C=N–C) groups is 1. The van der Waals surface area contributed by atoms with E-state index < -0.39 is 14.6 Å². The number of hydrogen-bond donors (Lipinski definition) is 1. The fourth-order valence-corrected chi connectivity index (χ4v) is 4.85. The Morgan fingerprint density at radius 3 is 2.50 bits per heavy atom. The van der Waals surface area contributed by atoms with Crippen molar-refractivity contribution in [1.82, 2.24) is 10.2 Å². The number of halogens is 2. The molecule has 1 aromatic rings. The number of guanidine groups is 1. The van der Waals surface area contributed by atoms with E-state index in [-0.39, 0.29) is 41.0 Å². The van der Waals surface area contributed by atoms with Gasteiger partial charge in [0.1, 0.15) is 5.82 Å². The summed E-state index contributed by atoms with van der Waals surface area (Å²) < 4.78 is 37.7. The first kappa shape index (κ1) is 21.4. The Hall–Kier alpha value is -0.900. The molecule has 0 radical (unpaired) electrons. The summed E-state index contributed by atoms with van der Waals surface area (Å²) in [7, 11) is -1.39. The van der Waals surface area contributed by atoms with E-state index >= 15 is 0 Å². The van der Waals surface area contributed by atoms with Gasteiger partial charge in [0.15, 0.2) is 15.8 Å². The maximum atomic E-state index is 14.1. The molecule has 0 amide bonds. The van der Waals surface area contributed by atoms with Crippen LogP contribution in [0.2, 0.25) is 0 Å². The van der Waals surface area contributed by atoms with Gasteiger partial charge in [0.05, 0.1) is 10.5 Å². The van der Waals surface area contributed by atoms with Crippen molar-refractivity contribution in [1.29, 1.82) is 0 Å². The molecule has 1 saturated heterocycles. The molecule has 8 heteroatoms. The number of nitrogens with one attached hydrogen (secondary N) is 1. The summed E-state index contributed by atoms with van der Waals surface area (Å²) in [6.07, 6.45) is 1.88. The van der Waals surface area contributed by atoms with Gasteiger partial charge in [-0.3, -0.25) is 4.99 Å². The largest absolute Gasteiger partial charge is 0.355 e. The zero-order valence-corrected chi connectivity index (χ0v) is 18.6. The molecule has 146 valence electrons. The summed E-state index contributed by atoms with van der Waals surface area (Å²) in [5.41, 5.74) is 0.568. The van der Waals surface area contributed by atoms with Crippen LogP contribution < -0.4 is 5.32 Å². The third-order valence-corrected chi connectivity index (χ3v) is 7.97. The van der Waals surface area contributed by atoms with Crippen molar-refractivity contribution in [3.8, 4) is 0 Å². The molecule has 1 N–H and O–H groups in total. The van der Waals surface area contributed by atoms with E-state index in [9.17, 15) is 12.8 Å². The zero-order valence-electron chi connectivity index (χ0n) is 15.5. The first-order chi connectivity index (χ1) is 11.7. The molecule has 1 aliphatic carbocycles. The molecule has 1 aromatic carbocycles. The highest BCUT2D eigenvalue weighted by atomic mass is 127. The van der Waals surface area contributed by atoms with Crippen LogP contribution in [0.15, 0.2) is 29.3 Å². The van der Waals surface area contributed by atoms with E-state index in [2.05, 4.69) is 10.3 Å². The van der Waals surface area contributed by atoms with E-state index in [0.717, 1.165) is 18.4 Å². The van der Waals surface area contributed by atoms with E-state index in [1.807, 2.05) is 17.0 Å². The summed E-state index contributed by atoms with van der Waals surface area (Å²) in [5.74, 6) is 0.645. The second kappa shape index (κ2) is 7.61. The van der Waals surface area contributed by atoms with Crippen LogP contribution in [0.4, 0.5) is 4.39 Å².